The topological polar surface area (TPSA) is 12.0 Å². The van der Waals surface area contributed by atoms with Gasteiger partial charge in [0.1, 0.15) is 0 Å². The maximum atomic E-state index is 3.63. The molecule has 78 valence electrons. The van der Waals surface area contributed by atoms with E-state index < -0.39 is 0 Å². The van der Waals surface area contributed by atoms with Gasteiger partial charge in [0, 0.05) is 17.5 Å². The predicted octanol–water partition coefficient (Wildman–Crippen LogP) is 3.79. The van der Waals surface area contributed by atoms with Gasteiger partial charge in [0.2, 0.25) is 0 Å². The highest BCUT2D eigenvalue weighted by Gasteiger charge is 2.20. The van der Waals surface area contributed by atoms with Crippen molar-refractivity contribution in [1.29, 1.82) is 0 Å². The molecule has 0 aliphatic heterocycles. The van der Waals surface area contributed by atoms with Crippen LogP contribution in [0.2, 0.25) is 0 Å². The molecular weight excluding hydrogens is 258 g/mol. The van der Waals surface area contributed by atoms with Crippen LogP contribution in [0.15, 0.2) is 15.9 Å². The molecule has 1 aliphatic rings. The maximum absolute atomic E-state index is 3.63. The third-order valence-electron chi connectivity index (χ3n) is 2.89. The molecule has 1 aromatic rings. The second-order valence-electron chi connectivity index (χ2n) is 4.20. The standard InChI is InChI=1S/C11H16BrNS/c1-8-2-3-9(6-8)13-7-10-4-5-11(12)14-10/h4-5,8-9,13H,2-3,6-7H2,1H3. The van der Waals surface area contributed by atoms with Crippen molar-refractivity contribution in [3.05, 3.63) is 20.8 Å². The van der Waals surface area contributed by atoms with Crippen molar-refractivity contribution in [3.8, 4) is 0 Å². The molecule has 14 heavy (non-hydrogen) atoms. The fraction of sp³-hybridized carbons (Fsp3) is 0.636. The fourth-order valence-electron chi connectivity index (χ4n) is 2.08. The van der Waals surface area contributed by atoms with Gasteiger partial charge < -0.3 is 5.32 Å². The summed E-state index contributed by atoms with van der Waals surface area (Å²) in [6.07, 6.45) is 4.10. The monoisotopic (exact) mass is 273 g/mol. The van der Waals surface area contributed by atoms with Gasteiger partial charge in [0.05, 0.1) is 3.79 Å². The van der Waals surface area contributed by atoms with Crippen molar-refractivity contribution in [3.63, 3.8) is 0 Å². The third kappa shape index (κ3) is 2.81. The molecule has 1 nitrogen and oxygen atoms in total. The van der Waals surface area contributed by atoms with Crippen LogP contribution in [0.1, 0.15) is 31.1 Å². The fourth-order valence-corrected chi connectivity index (χ4v) is 3.52. The molecule has 0 aromatic carbocycles. The number of halogens is 1. The zero-order valence-electron chi connectivity index (χ0n) is 8.42. The van der Waals surface area contributed by atoms with Crippen LogP contribution in [-0.2, 0) is 6.54 Å². The van der Waals surface area contributed by atoms with E-state index in [0.29, 0.717) is 0 Å². The minimum atomic E-state index is 0.755. The molecular formula is C11H16BrNS. The zero-order chi connectivity index (χ0) is 9.97. The van der Waals surface area contributed by atoms with Gasteiger partial charge in [-0.15, -0.1) is 11.3 Å². The molecule has 0 spiro atoms. The molecule has 1 aliphatic carbocycles. The second kappa shape index (κ2) is 4.77. The van der Waals surface area contributed by atoms with Crippen LogP contribution in [-0.4, -0.2) is 6.04 Å². The number of thiophene rings is 1. The van der Waals surface area contributed by atoms with E-state index in [2.05, 4.69) is 40.3 Å². The van der Waals surface area contributed by atoms with Crippen molar-refractivity contribution in [2.45, 2.75) is 38.8 Å². The maximum Gasteiger partial charge on any atom is 0.0701 e. The van der Waals surface area contributed by atoms with Gasteiger partial charge in [-0.25, -0.2) is 0 Å². The molecule has 2 rings (SSSR count). The highest BCUT2D eigenvalue weighted by molar-refractivity contribution is 9.11. The van der Waals surface area contributed by atoms with E-state index in [1.165, 1.54) is 27.9 Å². The van der Waals surface area contributed by atoms with Crippen molar-refractivity contribution in [2.24, 2.45) is 5.92 Å². The van der Waals surface area contributed by atoms with Crippen LogP contribution >= 0.6 is 27.3 Å². The highest BCUT2D eigenvalue weighted by atomic mass is 79.9. The molecule has 2 atom stereocenters. The zero-order valence-corrected chi connectivity index (χ0v) is 10.8. The molecule has 1 fully saturated rings. The molecule has 1 heterocycles. The summed E-state index contributed by atoms with van der Waals surface area (Å²) in [6, 6.07) is 5.07. The molecule has 1 N–H and O–H groups in total. The van der Waals surface area contributed by atoms with Crippen molar-refractivity contribution in [2.75, 3.05) is 0 Å². The summed E-state index contributed by atoms with van der Waals surface area (Å²) < 4.78 is 1.23. The molecule has 0 amide bonds. The molecule has 1 saturated carbocycles. The van der Waals surface area contributed by atoms with Crippen LogP contribution in [0.5, 0.6) is 0 Å². The Kier molecular flexibility index (Phi) is 3.63. The van der Waals surface area contributed by atoms with E-state index in [0.717, 1.165) is 18.5 Å². The summed E-state index contributed by atoms with van der Waals surface area (Å²) in [6.45, 7) is 3.39. The Morgan fingerprint density at radius 1 is 1.50 bits per heavy atom. The minimum absolute atomic E-state index is 0.755. The molecule has 0 bridgehead atoms. The summed E-state index contributed by atoms with van der Waals surface area (Å²) in [5, 5.41) is 3.63. The van der Waals surface area contributed by atoms with Gasteiger partial charge in [-0.05, 0) is 53.2 Å². The lowest BCUT2D eigenvalue weighted by Gasteiger charge is -2.10. The lowest BCUT2D eigenvalue weighted by molar-refractivity contribution is 0.504. The lowest BCUT2D eigenvalue weighted by atomic mass is 10.1. The van der Waals surface area contributed by atoms with E-state index in [1.54, 1.807) is 0 Å². The van der Waals surface area contributed by atoms with Gasteiger partial charge >= 0.3 is 0 Å². The molecule has 0 saturated heterocycles. The Labute approximate surface area is 98.0 Å². The van der Waals surface area contributed by atoms with Crippen LogP contribution in [0.4, 0.5) is 0 Å². The molecule has 2 unspecified atom stereocenters. The lowest BCUT2D eigenvalue weighted by Crippen LogP contribution is -2.25. The number of hydrogen-bond acceptors (Lipinski definition) is 2. The average molecular weight is 274 g/mol. The first-order valence-electron chi connectivity index (χ1n) is 5.21. The smallest absolute Gasteiger partial charge is 0.0701 e. The van der Waals surface area contributed by atoms with E-state index in [-0.39, 0.29) is 0 Å². The molecule has 0 radical (unpaired) electrons. The van der Waals surface area contributed by atoms with E-state index in [9.17, 15) is 0 Å². The Hall–Kier alpha value is 0.140. The highest BCUT2D eigenvalue weighted by Crippen LogP contribution is 2.26. The quantitative estimate of drug-likeness (QED) is 0.884. The Morgan fingerprint density at radius 3 is 2.93 bits per heavy atom. The van der Waals surface area contributed by atoms with Crippen LogP contribution < -0.4 is 5.32 Å². The van der Waals surface area contributed by atoms with Crippen LogP contribution in [0, 0.1) is 5.92 Å². The van der Waals surface area contributed by atoms with E-state index in [1.807, 2.05) is 11.3 Å². The van der Waals surface area contributed by atoms with Crippen molar-refractivity contribution in [1.82, 2.24) is 5.32 Å². The first-order valence-corrected chi connectivity index (χ1v) is 6.82. The summed E-state index contributed by atoms with van der Waals surface area (Å²) in [5.41, 5.74) is 0. The second-order valence-corrected chi connectivity index (χ2v) is 6.75. The Bertz CT molecular complexity index is 297. The van der Waals surface area contributed by atoms with Crippen molar-refractivity contribution >= 4 is 27.3 Å². The number of hydrogen-bond donors (Lipinski definition) is 1. The average Bonchev–Trinajstić information content (AvgIpc) is 2.72. The van der Waals surface area contributed by atoms with Crippen LogP contribution in [0.3, 0.4) is 0 Å². The largest absolute Gasteiger partial charge is 0.309 e. The third-order valence-corrected chi connectivity index (χ3v) is 4.51. The molecule has 1 aromatic heterocycles. The Morgan fingerprint density at radius 2 is 2.36 bits per heavy atom. The van der Waals surface area contributed by atoms with E-state index in [4.69, 9.17) is 0 Å². The van der Waals surface area contributed by atoms with Gasteiger partial charge in [0.25, 0.3) is 0 Å². The van der Waals surface area contributed by atoms with Gasteiger partial charge in [-0.1, -0.05) is 6.92 Å². The van der Waals surface area contributed by atoms with Crippen LogP contribution in [0.25, 0.3) is 0 Å². The number of nitrogens with one attached hydrogen (secondary N) is 1. The Balaban J connectivity index is 1.77. The minimum Gasteiger partial charge on any atom is -0.309 e. The van der Waals surface area contributed by atoms with E-state index >= 15 is 0 Å². The summed E-state index contributed by atoms with van der Waals surface area (Å²) in [4.78, 5) is 1.43. The SMILES string of the molecule is CC1CCC(NCc2ccc(Br)s2)C1. The van der Waals surface area contributed by atoms with Crippen molar-refractivity contribution < 1.29 is 0 Å². The summed E-state index contributed by atoms with van der Waals surface area (Å²) in [5.74, 6) is 0.919. The number of rotatable bonds is 3. The van der Waals surface area contributed by atoms with Gasteiger partial charge in [-0.2, -0.15) is 0 Å². The van der Waals surface area contributed by atoms with Gasteiger partial charge in [0.15, 0.2) is 0 Å². The first-order chi connectivity index (χ1) is 6.74. The summed E-state index contributed by atoms with van der Waals surface area (Å²) >= 11 is 5.31. The normalized spacial score (nSPS) is 27.0. The first kappa shape index (κ1) is 10.7. The molecule has 3 heteroatoms. The predicted molar refractivity (Wildman–Crippen MR) is 65.7 cm³/mol. The van der Waals surface area contributed by atoms with Gasteiger partial charge in [-0.3, -0.25) is 0 Å². The summed E-state index contributed by atoms with van der Waals surface area (Å²) in [7, 11) is 0.